The summed E-state index contributed by atoms with van der Waals surface area (Å²) in [6.07, 6.45) is 10.4. The van der Waals surface area contributed by atoms with Crippen molar-refractivity contribution >= 4 is 0 Å². The molecule has 0 bridgehead atoms. The van der Waals surface area contributed by atoms with Gasteiger partial charge in [-0.1, -0.05) is 65.7 Å². The van der Waals surface area contributed by atoms with Crippen LogP contribution in [0.25, 0.3) is 0 Å². The largest absolute Gasteiger partial charge is 2.00 e. The van der Waals surface area contributed by atoms with Crippen molar-refractivity contribution in [3.05, 3.63) is 14.9 Å². The first-order valence-corrected chi connectivity index (χ1v) is 6.20. The second-order valence-electron chi connectivity index (χ2n) is 5.28. The normalized spacial score (nSPS) is 27.9. The van der Waals surface area contributed by atoms with Gasteiger partial charge < -0.3 is 14.9 Å². The predicted octanol–water partition coefficient (Wildman–Crippen LogP) is 5.54. The molecule has 0 N–H and O–H groups in total. The first-order valence-electron chi connectivity index (χ1n) is 6.20. The Balaban J connectivity index is -0.000000179. The Morgan fingerprint density at radius 2 is 1.00 bits per heavy atom. The standard InChI is InChI=1S/C7H14.C6H12.2CH3.Fe/c1-6-4-3-5-7(6)2;1-6-4-2-3-5-6;;;/h6-7H,3-5H2,1-2H3;6H,2-5H2,1H3;2*1H3;/q;;2*-1;+2. The Morgan fingerprint density at radius 1 is 0.625 bits per heavy atom. The molecule has 1 heteroatoms. The van der Waals surface area contributed by atoms with Crippen LogP contribution >= 0.6 is 0 Å². The number of hydrogen-bond donors (Lipinski definition) is 0. The summed E-state index contributed by atoms with van der Waals surface area (Å²) in [5.74, 6) is 3.07. The molecule has 0 nitrogen and oxygen atoms in total. The maximum absolute atomic E-state index is 2.36. The van der Waals surface area contributed by atoms with Gasteiger partial charge in [-0.15, -0.1) is 0 Å². The van der Waals surface area contributed by atoms with E-state index in [2.05, 4.69) is 20.8 Å². The van der Waals surface area contributed by atoms with E-state index in [-0.39, 0.29) is 31.9 Å². The second kappa shape index (κ2) is 12.0. The van der Waals surface area contributed by atoms with Gasteiger partial charge in [-0.05, 0) is 17.8 Å². The van der Waals surface area contributed by atoms with E-state index >= 15 is 0 Å². The van der Waals surface area contributed by atoms with Crippen molar-refractivity contribution in [3.8, 4) is 0 Å². The van der Waals surface area contributed by atoms with Crippen LogP contribution in [-0.2, 0) is 17.1 Å². The van der Waals surface area contributed by atoms with E-state index in [1.54, 1.807) is 0 Å². The van der Waals surface area contributed by atoms with Crippen LogP contribution < -0.4 is 0 Å². The topological polar surface area (TPSA) is 0 Å². The minimum absolute atomic E-state index is 0. The van der Waals surface area contributed by atoms with Gasteiger partial charge in [0.15, 0.2) is 0 Å². The van der Waals surface area contributed by atoms with Gasteiger partial charge in [-0.25, -0.2) is 0 Å². The first-order chi connectivity index (χ1) is 6.20. The summed E-state index contributed by atoms with van der Waals surface area (Å²) in [6, 6.07) is 0. The molecule has 0 aliphatic heterocycles. The molecule has 0 aromatic carbocycles. The fourth-order valence-corrected chi connectivity index (χ4v) is 2.46. The Morgan fingerprint density at radius 3 is 1.12 bits per heavy atom. The fourth-order valence-electron chi connectivity index (χ4n) is 2.46. The van der Waals surface area contributed by atoms with Crippen LogP contribution in [0.15, 0.2) is 0 Å². The molecule has 0 aromatic heterocycles. The van der Waals surface area contributed by atoms with Gasteiger partial charge in [0.05, 0.1) is 0 Å². The third kappa shape index (κ3) is 8.65. The molecule has 0 aromatic rings. The summed E-state index contributed by atoms with van der Waals surface area (Å²) in [6.45, 7) is 7.06. The summed E-state index contributed by atoms with van der Waals surface area (Å²) in [5.41, 5.74) is 0. The van der Waals surface area contributed by atoms with Crippen LogP contribution in [0.4, 0.5) is 0 Å². The minimum atomic E-state index is 0. The molecule has 2 unspecified atom stereocenters. The molecular weight excluding hydrogens is 236 g/mol. The third-order valence-electron chi connectivity index (χ3n) is 3.93. The molecule has 0 spiro atoms. The maximum atomic E-state index is 2.36. The Bertz CT molecular complexity index is 119. The van der Waals surface area contributed by atoms with Gasteiger partial charge in [0.1, 0.15) is 0 Å². The SMILES string of the molecule is CC1CCCC1.CC1CCCC1C.[CH3-].[CH3-].[Fe+2]. The van der Waals surface area contributed by atoms with Crippen LogP contribution in [0.5, 0.6) is 0 Å². The molecule has 2 aliphatic rings. The summed E-state index contributed by atoms with van der Waals surface area (Å²) in [5, 5.41) is 0. The van der Waals surface area contributed by atoms with E-state index in [0.717, 1.165) is 17.8 Å². The zero-order chi connectivity index (χ0) is 9.68. The quantitative estimate of drug-likeness (QED) is 0.400. The van der Waals surface area contributed by atoms with E-state index < -0.39 is 0 Å². The second-order valence-corrected chi connectivity index (χ2v) is 5.28. The molecule has 2 saturated carbocycles. The van der Waals surface area contributed by atoms with E-state index in [0.29, 0.717) is 0 Å². The van der Waals surface area contributed by atoms with Crippen molar-refractivity contribution in [1.82, 2.24) is 0 Å². The Kier molecular flexibility index (Phi) is 16.3. The number of rotatable bonds is 0. The molecule has 0 heterocycles. The average molecular weight is 268 g/mol. The Hall–Kier alpha value is 0.519. The molecule has 16 heavy (non-hydrogen) atoms. The fraction of sp³-hybridized carbons (Fsp3) is 0.867. The van der Waals surface area contributed by atoms with Crippen LogP contribution in [0.2, 0.25) is 0 Å². The van der Waals surface area contributed by atoms with Crippen molar-refractivity contribution < 1.29 is 17.1 Å². The van der Waals surface area contributed by atoms with Crippen LogP contribution in [-0.4, -0.2) is 0 Å². The number of hydrogen-bond acceptors (Lipinski definition) is 0. The van der Waals surface area contributed by atoms with E-state index in [1.165, 1.54) is 44.9 Å². The van der Waals surface area contributed by atoms with E-state index in [9.17, 15) is 0 Å². The Labute approximate surface area is 115 Å². The van der Waals surface area contributed by atoms with Crippen LogP contribution in [0.1, 0.15) is 65.7 Å². The predicted molar refractivity (Wildman–Crippen MR) is 72.6 cm³/mol. The van der Waals surface area contributed by atoms with Gasteiger partial charge in [-0.2, -0.15) is 0 Å². The summed E-state index contributed by atoms with van der Waals surface area (Å²) in [4.78, 5) is 0. The minimum Gasteiger partial charge on any atom is -0.358 e. The summed E-state index contributed by atoms with van der Waals surface area (Å²) < 4.78 is 0. The molecule has 0 saturated heterocycles. The molecule has 0 amide bonds. The zero-order valence-electron chi connectivity index (χ0n) is 12.0. The molecular formula is C15H32Fe. The van der Waals surface area contributed by atoms with E-state index in [4.69, 9.17) is 0 Å². The van der Waals surface area contributed by atoms with Gasteiger partial charge in [0, 0.05) is 0 Å². The van der Waals surface area contributed by atoms with Crippen molar-refractivity contribution in [2.45, 2.75) is 65.7 Å². The van der Waals surface area contributed by atoms with Crippen molar-refractivity contribution in [3.63, 3.8) is 0 Å². The maximum Gasteiger partial charge on any atom is 2.00 e. The molecule has 2 fully saturated rings. The van der Waals surface area contributed by atoms with Gasteiger partial charge in [-0.3, -0.25) is 0 Å². The van der Waals surface area contributed by atoms with E-state index in [1.807, 2.05) is 0 Å². The third-order valence-corrected chi connectivity index (χ3v) is 3.93. The van der Waals surface area contributed by atoms with Crippen molar-refractivity contribution in [2.75, 3.05) is 0 Å². The van der Waals surface area contributed by atoms with Gasteiger partial charge >= 0.3 is 17.1 Å². The van der Waals surface area contributed by atoms with Crippen molar-refractivity contribution in [2.24, 2.45) is 17.8 Å². The van der Waals surface area contributed by atoms with Crippen LogP contribution in [0, 0.1) is 32.6 Å². The van der Waals surface area contributed by atoms with Gasteiger partial charge in [0.25, 0.3) is 0 Å². The molecule has 2 atom stereocenters. The van der Waals surface area contributed by atoms with Gasteiger partial charge in [0.2, 0.25) is 0 Å². The zero-order valence-corrected chi connectivity index (χ0v) is 13.1. The molecule has 0 radical (unpaired) electrons. The monoisotopic (exact) mass is 268 g/mol. The molecule has 2 aliphatic carbocycles. The van der Waals surface area contributed by atoms with Crippen molar-refractivity contribution in [1.29, 1.82) is 0 Å². The van der Waals surface area contributed by atoms with Crippen LogP contribution in [0.3, 0.4) is 0 Å². The summed E-state index contributed by atoms with van der Waals surface area (Å²) >= 11 is 0. The average Bonchev–Trinajstić information content (AvgIpc) is 2.67. The first kappa shape index (κ1) is 21.8. The smallest absolute Gasteiger partial charge is 0.358 e. The summed E-state index contributed by atoms with van der Waals surface area (Å²) in [7, 11) is 0. The molecule has 100 valence electrons. The molecule has 2 rings (SSSR count).